The Morgan fingerprint density at radius 1 is 1.71 bits per heavy atom. The van der Waals surface area contributed by atoms with Gasteiger partial charge in [-0.25, -0.2) is 0 Å². The molecule has 1 saturated carbocycles. The lowest BCUT2D eigenvalue weighted by Crippen LogP contribution is -1.64. The van der Waals surface area contributed by atoms with Gasteiger partial charge in [-0.3, -0.25) is 0 Å². The lowest BCUT2D eigenvalue weighted by atomic mass is 10.3. The van der Waals surface area contributed by atoms with Gasteiger partial charge >= 0.3 is 0 Å². The average molecular weight is 161 g/mol. The molecule has 0 radical (unpaired) electrons. The van der Waals surface area contributed by atoms with Crippen molar-refractivity contribution < 1.29 is 0 Å². The highest BCUT2D eigenvalue weighted by molar-refractivity contribution is 9.09. The minimum Gasteiger partial charge on any atom is -0.103 e. The summed E-state index contributed by atoms with van der Waals surface area (Å²) in [4.78, 5) is 0.727. The fourth-order valence-electron chi connectivity index (χ4n) is 0.788. The quantitative estimate of drug-likeness (QED) is 0.408. The van der Waals surface area contributed by atoms with Crippen LogP contribution in [0, 0.1) is 11.8 Å². The zero-order valence-corrected chi connectivity index (χ0v) is 5.98. The minimum absolute atomic E-state index is 0.727. The number of hydrogen-bond donors (Lipinski definition) is 0. The molecule has 0 amide bonds. The molecule has 1 aliphatic carbocycles. The Hall–Kier alpha value is 0.220. The molecule has 3 atom stereocenters. The predicted octanol–water partition coefficient (Wildman–Crippen LogP) is 2.20. The molecule has 0 aromatic carbocycles. The van der Waals surface area contributed by atoms with Gasteiger partial charge in [-0.15, -0.1) is 6.58 Å². The molecule has 40 valence electrons. The van der Waals surface area contributed by atoms with Crippen molar-refractivity contribution in [3.05, 3.63) is 12.7 Å². The topological polar surface area (TPSA) is 0 Å². The molecule has 0 heterocycles. The molecule has 0 nitrogen and oxygen atoms in total. The Bertz CT molecular complexity index is 80.2. The van der Waals surface area contributed by atoms with Gasteiger partial charge in [0.2, 0.25) is 0 Å². The molecule has 1 fully saturated rings. The maximum atomic E-state index is 3.69. The van der Waals surface area contributed by atoms with Gasteiger partial charge in [0.25, 0.3) is 0 Å². The molecule has 0 aromatic rings. The Morgan fingerprint density at radius 2 is 2.14 bits per heavy atom. The average Bonchev–Trinajstić information content (AvgIpc) is 2.17. The van der Waals surface area contributed by atoms with Gasteiger partial charge < -0.3 is 0 Å². The van der Waals surface area contributed by atoms with Crippen LogP contribution in [-0.2, 0) is 0 Å². The van der Waals surface area contributed by atoms with Crippen molar-refractivity contribution in [2.45, 2.75) is 11.8 Å². The van der Waals surface area contributed by atoms with Crippen LogP contribution in [0.4, 0.5) is 0 Å². The Labute approximate surface area is 52.7 Å². The highest BCUT2D eigenvalue weighted by Gasteiger charge is 2.41. The Morgan fingerprint density at radius 3 is 2.14 bits per heavy atom. The van der Waals surface area contributed by atoms with Crippen LogP contribution in [0.1, 0.15) is 6.92 Å². The monoisotopic (exact) mass is 160 g/mol. The molecule has 3 unspecified atom stereocenters. The van der Waals surface area contributed by atoms with Crippen LogP contribution in [-0.4, -0.2) is 4.83 Å². The van der Waals surface area contributed by atoms with Crippen LogP contribution >= 0.6 is 15.9 Å². The first-order chi connectivity index (χ1) is 3.27. The summed E-state index contributed by atoms with van der Waals surface area (Å²) in [5, 5.41) is 0. The first-order valence-corrected chi connectivity index (χ1v) is 3.45. The third-order valence-corrected chi connectivity index (χ3v) is 3.05. The third-order valence-electron chi connectivity index (χ3n) is 1.61. The molecular formula is C6H9Br. The molecule has 1 heteroatoms. The fourth-order valence-corrected chi connectivity index (χ4v) is 1.66. The fraction of sp³-hybridized carbons (Fsp3) is 0.667. The molecule has 0 bridgehead atoms. The van der Waals surface area contributed by atoms with E-state index in [1.165, 1.54) is 0 Å². The zero-order valence-electron chi connectivity index (χ0n) is 4.39. The summed E-state index contributed by atoms with van der Waals surface area (Å²) in [6.07, 6.45) is 2.02. The SMILES string of the molecule is C=CC1C(C)C1Br. The summed E-state index contributed by atoms with van der Waals surface area (Å²) in [5.74, 6) is 1.58. The highest BCUT2D eigenvalue weighted by Crippen LogP contribution is 2.45. The van der Waals surface area contributed by atoms with Gasteiger partial charge in [0.15, 0.2) is 0 Å². The second-order valence-electron chi connectivity index (χ2n) is 2.12. The van der Waals surface area contributed by atoms with E-state index in [0.29, 0.717) is 0 Å². The lowest BCUT2D eigenvalue weighted by Gasteiger charge is -1.72. The summed E-state index contributed by atoms with van der Waals surface area (Å²) in [6, 6.07) is 0. The van der Waals surface area contributed by atoms with E-state index in [4.69, 9.17) is 0 Å². The predicted molar refractivity (Wildman–Crippen MR) is 35.6 cm³/mol. The molecule has 1 rings (SSSR count). The van der Waals surface area contributed by atoms with Crippen molar-refractivity contribution in [2.75, 3.05) is 0 Å². The van der Waals surface area contributed by atoms with E-state index < -0.39 is 0 Å². The normalized spacial score (nSPS) is 48.6. The lowest BCUT2D eigenvalue weighted by molar-refractivity contribution is 0.902. The van der Waals surface area contributed by atoms with Crippen LogP contribution in [0.3, 0.4) is 0 Å². The van der Waals surface area contributed by atoms with Crippen molar-refractivity contribution in [3.8, 4) is 0 Å². The van der Waals surface area contributed by atoms with Crippen LogP contribution < -0.4 is 0 Å². The van der Waals surface area contributed by atoms with Crippen LogP contribution in [0.15, 0.2) is 12.7 Å². The Balaban J connectivity index is 2.37. The Kier molecular flexibility index (Phi) is 1.24. The maximum Gasteiger partial charge on any atom is 0.0243 e. The van der Waals surface area contributed by atoms with Crippen molar-refractivity contribution in [2.24, 2.45) is 11.8 Å². The standard InChI is InChI=1S/C6H9Br/c1-3-5-4(2)6(5)7/h3-6H,1H2,2H3. The molecule has 1 aliphatic rings. The number of rotatable bonds is 1. The van der Waals surface area contributed by atoms with E-state index in [-0.39, 0.29) is 0 Å². The van der Waals surface area contributed by atoms with E-state index >= 15 is 0 Å². The van der Waals surface area contributed by atoms with Crippen LogP contribution in [0.2, 0.25) is 0 Å². The molecule has 0 N–H and O–H groups in total. The van der Waals surface area contributed by atoms with Crippen LogP contribution in [0.25, 0.3) is 0 Å². The number of allylic oxidation sites excluding steroid dienone is 1. The van der Waals surface area contributed by atoms with E-state index in [1.807, 2.05) is 6.08 Å². The second-order valence-corrected chi connectivity index (χ2v) is 3.17. The van der Waals surface area contributed by atoms with Gasteiger partial charge in [0.05, 0.1) is 0 Å². The van der Waals surface area contributed by atoms with Gasteiger partial charge in [0.1, 0.15) is 0 Å². The minimum atomic E-state index is 0.727. The van der Waals surface area contributed by atoms with Crippen molar-refractivity contribution in [1.29, 1.82) is 0 Å². The summed E-state index contributed by atoms with van der Waals surface area (Å²) in [5.41, 5.74) is 0. The largest absolute Gasteiger partial charge is 0.103 e. The van der Waals surface area contributed by atoms with Crippen molar-refractivity contribution >= 4 is 15.9 Å². The third kappa shape index (κ3) is 0.742. The van der Waals surface area contributed by atoms with E-state index in [1.54, 1.807) is 0 Å². The summed E-state index contributed by atoms with van der Waals surface area (Å²) in [7, 11) is 0. The summed E-state index contributed by atoms with van der Waals surface area (Å²) in [6.45, 7) is 5.92. The van der Waals surface area contributed by atoms with Gasteiger partial charge in [0, 0.05) is 4.83 Å². The first-order valence-electron chi connectivity index (χ1n) is 2.54. The summed E-state index contributed by atoms with van der Waals surface area (Å²) >= 11 is 3.50. The van der Waals surface area contributed by atoms with Gasteiger partial charge in [-0.1, -0.05) is 28.9 Å². The van der Waals surface area contributed by atoms with E-state index in [0.717, 1.165) is 16.7 Å². The second kappa shape index (κ2) is 1.62. The molecular weight excluding hydrogens is 152 g/mol. The van der Waals surface area contributed by atoms with E-state index in [9.17, 15) is 0 Å². The number of alkyl halides is 1. The van der Waals surface area contributed by atoms with Crippen molar-refractivity contribution in [1.82, 2.24) is 0 Å². The molecule has 7 heavy (non-hydrogen) atoms. The van der Waals surface area contributed by atoms with E-state index in [2.05, 4.69) is 29.4 Å². The van der Waals surface area contributed by atoms with Gasteiger partial charge in [-0.05, 0) is 11.8 Å². The smallest absolute Gasteiger partial charge is 0.0243 e. The maximum absolute atomic E-state index is 3.69. The number of hydrogen-bond acceptors (Lipinski definition) is 0. The van der Waals surface area contributed by atoms with Crippen molar-refractivity contribution in [3.63, 3.8) is 0 Å². The number of halogens is 1. The first kappa shape index (κ1) is 5.36. The molecule has 0 aromatic heterocycles. The molecule has 0 aliphatic heterocycles. The summed E-state index contributed by atoms with van der Waals surface area (Å²) < 4.78 is 0. The molecule has 0 spiro atoms. The zero-order chi connectivity index (χ0) is 5.44. The molecule has 0 saturated heterocycles. The van der Waals surface area contributed by atoms with Crippen LogP contribution in [0.5, 0.6) is 0 Å². The highest BCUT2D eigenvalue weighted by atomic mass is 79.9. The van der Waals surface area contributed by atoms with Gasteiger partial charge in [-0.2, -0.15) is 0 Å².